The summed E-state index contributed by atoms with van der Waals surface area (Å²) in [7, 11) is 0. The molecule has 0 aliphatic heterocycles. The Hall–Kier alpha value is -1.35. The molecule has 0 N–H and O–H groups in total. The molecule has 78 valence electrons. The lowest BCUT2D eigenvalue weighted by atomic mass is 10.1. The molecule has 15 heavy (non-hydrogen) atoms. The Balaban J connectivity index is 2.44. The molecule has 0 atom stereocenters. The first-order valence-corrected chi connectivity index (χ1v) is 5.01. The fourth-order valence-corrected chi connectivity index (χ4v) is 1.49. The van der Waals surface area contributed by atoms with E-state index in [1.807, 2.05) is 13.0 Å². The van der Waals surface area contributed by atoms with Crippen molar-refractivity contribution in [2.75, 3.05) is 0 Å². The number of nitrogens with zero attached hydrogens (tertiary/aromatic N) is 1. The molecule has 1 aromatic carbocycles. The Kier molecular flexibility index (Phi) is 2.73. The Labute approximate surface area is 91.7 Å². The number of hydrogen-bond acceptors (Lipinski definition) is 2. The summed E-state index contributed by atoms with van der Waals surface area (Å²) < 4.78 is 18.4. The summed E-state index contributed by atoms with van der Waals surface area (Å²) in [5.41, 5.74) is 1.46. The highest BCUT2D eigenvalue weighted by Crippen LogP contribution is 2.22. The molecule has 2 rings (SSSR count). The van der Waals surface area contributed by atoms with Crippen LogP contribution in [0.2, 0.25) is 0 Å². The minimum Gasteiger partial charge on any atom is -0.440 e. The van der Waals surface area contributed by atoms with E-state index in [-0.39, 0.29) is 11.7 Å². The quantitative estimate of drug-likeness (QED) is 0.731. The van der Waals surface area contributed by atoms with E-state index in [0.717, 1.165) is 5.56 Å². The number of halogens is 2. The average Bonchev–Trinajstić information content (AvgIpc) is 2.64. The van der Waals surface area contributed by atoms with Gasteiger partial charge in [-0.2, -0.15) is 0 Å². The molecule has 0 unspecified atom stereocenters. The van der Waals surface area contributed by atoms with Crippen molar-refractivity contribution < 1.29 is 8.81 Å². The van der Waals surface area contributed by atoms with Gasteiger partial charge in [-0.1, -0.05) is 0 Å². The first kappa shape index (κ1) is 10.2. The van der Waals surface area contributed by atoms with Gasteiger partial charge in [-0.3, -0.25) is 0 Å². The van der Waals surface area contributed by atoms with Crippen LogP contribution in [0.5, 0.6) is 0 Å². The van der Waals surface area contributed by atoms with E-state index in [9.17, 15) is 4.39 Å². The lowest BCUT2D eigenvalue weighted by Gasteiger charge is -1.98. The number of rotatable bonds is 2. The summed E-state index contributed by atoms with van der Waals surface area (Å²) in [6.45, 7) is 1.82. The fraction of sp³-hybridized carbons (Fsp3) is 0.182. The zero-order chi connectivity index (χ0) is 10.8. The van der Waals surface area contributed by atoms with E-state index in [0.29, 0.717) is 17.2 Å². The molecule has 0 bridgehead atoms. The topological polar surface area (TPSA) is 26.0 Å². The van der Waals surface area contributed by atoms with Crippen LogP contribution >= 0.6 is 11.6 Å². The number of aryl methyl sites for hydroxylation is 1. The van der Waals surface area contributed by atoms with E-state index in [1.165, 1.54) is 12.1 Å². The molecular formula is C11H9ClFNO. The van der Waals surface area contributed by atoms with Crippen LogP contribution in [0.15, 0.2) is 28.8 Å². The summed E-state index contributed by atoms with van der Waals surface area (Å²) in [6, 6.07) is 4.65. The maximum Gasteiger partial charge on any atom is 0.226 e. The maximum absolute atomic E-state index is 13.1. The third kappa shape index (κ3) is 2.18. The average molecular weight is 226 g/mol. The Morgan fingerprint density at radius 2 is 2.20 bits per heavy atom. The monoisotopic (exact) mass is 225 g/mol. The summed E-state index contributed by atoms with van der Waals surface area (Å²) in [4.78, 5) is 4.02. The largest absolute Gasteiger partial charge is 0.440 e. The number of alkyl halides is 1. The minimum atomic E-state index is -0.296. The molecule has 0 amide bonds. The van der Waals surface area contributed by atoms with Crippen LogP contribution in [0.1, 0.15) is 11.3 Å². The van der Waals surface area contributed by atoms with E-state index >= 15 is 0 Å². The van der Waals surface area contributed by atoms with Crippen LogP contribution in [0.4, 0.5) is 4.39 Å². The Morgan fingerprint density at radius 3 is 2.80 bits per heavy atom. The van der Waals surface area contributed by atoms with Crippen LogP contribution in [0.25, 0.3) is 11.5 Å². The Morgan fingerprint density at radius 1 is 1.40 bits per heavy atom. The zero-order valence-electron chi connectivity index (χ0n) is 8.13. The van der Waals surface area contributed by atoms with E-state index < -0.39 is 0 Å². The molecule has 0 saturated carbocycles. The van der Waals surface area contributed by atoms with Gasteiger partial charge in [-0.15, -0.1) is 11.6 Å². The molecule has 1 heterocycles. The molecule has 0 radical (unpaired) electrons. The summed E-state index contributed by atoms with van der Waals surface area (Å²) in [6.07, 6.45) is 1.54. The summed E-state index contributed by atoms with van der Waals surface area (Å²) in [5.74, 6) is 0.943. The van der Waals surface area contributed by atoms with Crippen molar-refractivity contribution in [1.29, 1.82) is 0 Å². The molecule has 1 aromatic heterocycles. The lowest BCUT2D eigenvalue weighted by molar-refractivity contribution is 0.536. The molecule has 0 aliphatic rings. The van der Waals surface area contributed by atoms with Crippen LogP contribution < -0.4 is 0 Å². The number of hydrogen-bond donors (Lipinski definition) is 0. The minimum absolute atomic E-state index is 0.265. The van der Waals surface area contributed by atoms with Gasteiger partial charge in [0.05, 0.1) is 12.1 Å². The van der Waals surface area contributed by atoms with Gasteiger partial charge in [0.25, 0.3) is 0 Å². The van der Waals surface area contributed by atoms with E-state index in [4.69, 9.17) is 16.0 Å². The van der Waals surface area contributed by atoms with Crippen molar-refractivity contribution in [2.45, 2.75) is 12.8 Å². The van der Waals surface area contributed by atoms with Gasteiger partial charge in [-0.05, 0) is 30.7 Å². The number of benzene rings is 1. The van der Waals surface area contributed by atoms with Gasteiger partial charge in [0.1, 0.15) is 11.6 Å². The van der Waals surface area contributed by atoms with Crippen LogP contribution in [0.3, 0.4) is 0 Å². The van der Waals surface area contributed by atoms with Crippen LogP contribution in [-0.4, -0.2) is 4.98 Å². The number of oxazole rings is 1. The van der Waals surface area contributed by atoms with Crippen molar-refractivity contribution in [2.24, 2.45) is 0 Å². The molecule has 0 saturated heterocycles. The zero-order valence-corrected chi connectivity index (χ0v) is 8.88. The highest BCUT2D eigenvalue weighted by molar-refractivity contribution is 6.16. The third-order valence-electron chi connectivity index (χ3n) is 1.97. The third-order valence-corrected chi connectivity index (χ3v) is 2.24. The molecular weight excluding hydrogens is 217 g/mol. The van der Waals surface area contributed by atoms with Crippen molar-refractivity contribution in [3.05, 3.63) is 41.5 Å². The molecule has 2 nitrogen and oxygen atoms in total. The van der Waals surface area contributed by atoms with E-state index in [2.05, 4.69) is 4.98 Å². The van der Waals surface area contributed by atoms with E-state index in [1.54, 1.807) is 6.20 Å². The van der Waals surface area contributed by atoms with Gasteiger partial charge in [-0.25, -0.2) is 9.37 Å². The number of aromatic nitrogens is 1. The second-order valence-electron chi connectivity index (χ2n) is 3.28. The summed E-state index contributed by atoms with van der Waals surface area (Å²) in [5, 5.41) is 0. The predicted octanol–water partition coefficient (Wildman–Crippen LogP) is 3.53. The van der Waals surface area contributed by atoms with Gasteiger partial charge in [0.15, 0.2) is 0 Å². The molecule has 0 spiro atoms. The highest BCUT2D eigenvalue weighted by Gasteiger charge is 2.07. The van der Waals surface area contributed by atoms with Crippen molar-refractivity contribution in [1.82, 2.24) is 4.98 Å². The predicted molar refractivity (Wildman–Crippen MR) is 56.2 cm³/mol. The first-order valence-electron chi connectivity index (χ1n) is 4.47. The second-order valence-corrected chi connectivity index (χ2v) is 3.55. The van der Waals surface area contributed by atoms with Crippen LogP contribution in [-0.2, 0) is 5.88 Å². The van der Waals surface area contributed by atoms with Gasteiger partial charge in [0.2, 0.25) is 5.89 Å². The second kappa shape index (κ2) is 4.03. The van der Waals surface area contributed by atoms with Gasteiger partial charge in [0, 0.05) is 5.56 Å². The van der Waals surface area contributed by atoms with Gasteiger partial charge >= 0.3 is 0 Å². The normalized spacial score (nSPS) is 10.6. The van der Waals surface area contributed by atoms with Crippen LogP contribution in [0, 0.1) is 12.7 Å². The van der Waals surface area contributed by atoms with Crippen molar-refractivity contribution in [3.8, 4) is 11.5 Å². The fourth-order valence-electron chi connectivity index (χ4n) is 1.36. The highest BCUT2D eigenvalue weighted by atomic mass is 35.5. The van der Waals surface area contributed by atoms with Crippen molar-refractivity contribution >= 4 is 11.6 Å². The SMILES string of the molecule is Cc1cc(F)cc(-c2ncc(CCl)o2)c1. The Bertz CT molecular complexity index is 461. The molecule has 4 heteroatoms. The van der Waals surface area contributed by atoms with Gasteiger partial charge < -0.3 is 4.42 Å². The molecule has 2 aromatic rings. The lowest BCUT2D eigenvalue weighted by Crippen LogP contribution is -1.82. The maximum atomic E-state index is 13.1. The first-order chi connectivity index (χ1) is 7.19. The standard InChI is InChI=1S/C11H9ClFNO/c1-7-2-8(4-9(13)3-7)11-14-6-10(5-12)15-11/h2-4,6H,5H2,1H3. The summed E-state index contributed by atoms with van der Waals surface area (Å²) >= 11 is 5.58. The molecule has 0 aliphatic carbocycles. The van der Waals surface area contributed by atoms with Crippen molar-refractivity contribution in [3.63, 3.8) is 0 Å². The molecule has 0 fully saturated rings. The smallest absolute Gasteiger partial charge is 0.226 e.